The molecule has 0 spiro atoms. The lowest BCUT2D eigenvalue weighted by molar-refractivity contribution is 0.205. The third-order valence-corrected chi connectivity index (χ3v) is 7.24. The number of rotatable bonds is 5. The lowest BCUT2D eigenvalue weighted by Gasteiger charge is -2.31. The van der Waals surface area contributed by atoms with Crippen LogP contribution in [-0.4, -0.2) is 37.5 Å². The Bertz CT molecular complexity index is 1170. The average molecular weight is 432 g/mol. The van der Waals surface area contributed by atoms with Crippen LogP contribution in [0.2, 0.25) is 0 Å². The highest BCUT2D eigenvalue weighted by Gasteiger charge is 2.24. The predicted octanol–water partition coefficient (Wildman–Crippen LogP) is 5.82. The van der Waals surface area contributed by atoms with E-state index >= 15 is 0 Å². The Morgan fingerprint density at radius 1 is 1.16 bits per heavy atom. The number of thiophene rings is 1. The molecule has 0 aromatic carbocycles. The van der Waals surface area contributed by atoms with Gasteiger partial charge >= 0.3 is 0 Å². The zero-order chi connectivity index (χ0) is 21.4. The molecule has 5 rings (SSSR count). The standard InChI is InChI=1S/C25H29N5S/c1-17(2)30-16-27-25-23(30)13-22(28-24(25)20-5-4-10-26-14-20)19-8-11-29(12-9-19)15-21-7-6-18(3)31-21/h4-7,10,13-14,16-17,19H,8-9,11-12,15H2,1-3H3. The Morgan fingerprint density at radius 3 is 2.68 bits per heavy atom. The van der Waals surface area contributed by atoms with Crippen molar-refractivity contribution in [1.29, 1.82) is 0 Å². The van der Waals surface area contributed by atoms with E-state index in [0.29, 0.717) is 12.0 Å². The van der Waals surface area contributed by atoms with Crippen LogP contribution in [0.25, 0.3) is 22.3 Å². The van der Waals surface area contributed by atoms with Gasteiger partial charge in [-0.2, -0.15) is 0 Å². The van der Waals surface area contributed by atoms with Crippen molar-refractivity contribution >= 4 is 22.4 Å². The van der Waals surface area contributed by atoms with E-state index in [1.165, 1.54) is 21.0 Å². The van der Waals surface area contributed by atoms with Crippen molar-refractivity contribution in [2.45, 2.75) is 52.1 Å². The molecule has 4 aromatic rings. The summed E-state index contributed by atoms with van der Waals surface area (Å²) < 4.78 is 2.26. The molecule has 0 radical (unpaired) electrons. The van der Waals surface area contributed by atoms with Crippen LogP contribution in [0.15, 0.2) is 49.1 Å². The van der Waals surface area contributed by atoms with Crippen LogP contribution in [0, 0.1) is 6.92 Å². The van der Waals surface area contributed by atoms with E-state index in [1.807, 2.05) is 36.1 Å². The van der Waals surface area contributed by atoms with Gasteiger partial charge in [-0.15, -0.1) is 11.3 Å². The number of piperidine rings is 1. The summed E-state index contributed by atoms with van der Waals surface area (Å²) in [6, 6.07) is 11.2. The first kappa shape index (κ1) is 20.3. The van der Waals surface area contributed by atoms with Crippen LogP contribution >= 0.6 is 11.3 Å². The fourth-order valence-electron chi connectivity index (χ4n) is 4.55. The van der Waals surface area contributed by atoms with Gasteiger partial charge in [-0.05, 0) is 77.0 Å². The summed E-state index contributed by atoms with van der Waals surface area (Å²) >= 11 is 1.92. The Hall–Kier alpha value is -2.57. The van der Waals surface area contributed by atoms with E-state index in [-0.39, 0.29) is 0 Å². The molecule has 4 aromatic heterocycles. The number of pyridine rings is 2. The van der Waals surface area contributed by atoms with E-state index in [9.17, 15) is 0 Å². The van der Waals surface area contributed by atoms with Crippen molar-refractivity contribution in [3.05, 3.63) is 64.5 Å². The molecule has 0 unspecified atom stereocenters. The normalized spacial score (nSPS) is 15.9. The van der Waals surface area contributed by atoms with Crippen molar-refractivity contribution in [3.63, 3.8) is 0 Å². The summed E-state index contributed by atoms with van der Waals surface area (Å²) in [6.07, 6.45) is 7.94. The van der Waals surface area contributed by atoms with Gasteiger partial charge < -0.3 is 4.57 Å². The zero-order valence-corrected chi connectivity index (χ0v) is 19.3. The molecule has 0 N–H and O–H groups in total. The third kappa shape index (κ3) is 4.14. The number of hydrogen-bond acceptors (Lipinski definition) is 5. The van der Waals surface area contributed by atoms with Gasteiger partial charge in [0.25, 0.3) is 0 Å². The summed E-state index contributed by atoms with van der Waals surface area (Å²) in [6.45, 7) is 9.90. The van der Waals surface area contributed by atoms with Crippen molar-refractivity contribution in [2.75, 3.05) is 13.1 Å². The van der Waals surface area contributed by atoms with Gasteiger partial charge in [-0.25, -0.2) is 4.98 Å². The quantitative estimate of drug-likeness (QED) is 0.399. The van der Waals surface area contributed by atoms with Gasteiger partial charge in [0.05, 0.1) is 17.5 Å². The minimum absolute atomic E-state index is 0.359. The molecule has 160 valence electrons. The molecular formula is C25H29N5S. The molecular weight excluding hydrogens is 402 g/mol. The third-order valence-electron chi connectivity index (χ3n) is 6.25. The second-order valence-electron chi connectivity index (χ2n) is 8.81. The molecule has 0 bridgehead atoms. The first-order valence-corrected chi connectivity index (χ1v) is 12.0. The minimum atomic E-state index is 0.359. The van der Waals surface area contributed by atoms with Crippen LogP contribution in [0.4, 0.5) is 0 Å². The smallest absolute Gasteiger partial charge is 0.115 e. The van der Waals surface area contributed by atoms with E-state index in [2.05, 4.69) is 59.5 Å². The van der Waals surface area contributed by atoms with E-state index in [0.717, 1.165) is 49.2 Å². The van der Waals surface area contributed by atoms with Crippen LogP contribution in [0.3, 0.4) is 0 Å². The molecule has 1 aliphatic heterocycles. The molecule has 0 saturated carbocycles. The molecule has 1 aliphatic rings. The average Bonchev–Trinajstić information content (AvgIpc) is 3.40. The Morgan fingerprint density at radius 2 is 2.00 bits per heavy atom. The summed E-state index contributed by atoms with van der Waals surface area (Å²) in [7, 11) is 0. The Balaban J connectivity index is 1.44. The van der Waals surface area contributed by atoms with Crippen LogP contribution in [0.5, 0.6) is 0 Å². The van der Waals surface area contributed by atoms with Crippen molar-refractivity contribution in [2.24, 2.45) is 0 Å². The summed E-state index contributed by atoms with van der Waals surface area (Å²) in [5.41, 5.74) is 5.33. The SMILES string of the molecule is Cc1ccc(CN2CCC(c3cc4c(ncn4C(C)C)c(-c4cccnc4)n3)CC2)s1. The van der Waals surface area contributed by atoms with Gasteiger partial charge in [0.1, 0.15) is 5.52 Å². The van der Waals surface area contributed by atoms with E-state index < -0.39 is 0 Å². The van der Waals surface area contributed by atoms with Gasteiger partial charge in [0.15, 0.2) is 0 Å². The first-order valence-electron chi connectivity index (χ1n) is 11.1. The number of nitrogens with zero attached hydrogens (tertiary/aromatic N) is 5. The van der Waals surface area contributed by atoms with E-state index in [1.54, 1.807) is 0 Å². The highest BCUT2D eigenvalue weighted by molar-refractivity contribution is 7.11. The number of aryl methyl sites for hydroxylation is 1. The highest BCUT2D eigenvalue weighted by atomic mass is 32.1. The predicted molar refractivity (Wildman–Crippen MR) is 127 cm³/mol. The second kappa shape index (κ2) is 8.52. The Kier molecular flexibility index (Phi) is 5.59. The maximum absolute atomic E-state index is 5.15. The lowest BCUT2D eigenvalue weighted by Crippen LogP contribution is -2.32. The zero-order valence-electron chi connectivity index (χ0n) is 18.5. The lowest BCUT2D eigenvalue weighted by atomic mass is 9.92. The van der Waals surface area contributed by atoms with Crippen molar-refractivity contribution < 1.29 is 0 Å². The van der Waals surface area contributed by atoms with E-state index in [4.69, 9.17) is 9.97 Å². The second-order valence-corrected chi connectivity index (χ2v) is 10.2. The topological polar surface area (TPSA) is 46.8 Å². The molecule has 5 heterocycles. The fourth-order valence-corrected chi connectivity index (χ4v) is 5.49. The summed E-state index contributed by atoms with van der Waals surface area (Å²) in [4.78, 5) is 19.6. The number of imidazole rings is 1. The van der Waals surface area contributed by atoms with Crippen LogP contribution < -0.4 is 0 Å². The van der Waals surface area contributed by atoms with Crippen LogP contribution in [-0.2, 0) is 6.54 Å². The first-order chi connectivity index (χ1) is 15.1. The molecule has 0 amide bonds. The highest BCUT2D eigenvalue weighted by Crippen LogP contribution is 2.34. The molecule has 6 heteroatoms. The fraction of sp³-hybridized carbons (Fsp3) is 0.400. The molecule has 1 saturated heterocycles. The van der Waals surface area contributed by atoms with Gasteiger partial charge in [0, 0.05) is 51.9 Å². The number of likely N-dealkylation sites (tertiary alicyclic amines) is 1. The Labute approximate surface area is 187 Å². The van der Waals surface area contributed by atoms with Crippen LogP contribution in [0.1, 0.15) is 54.1 Å². The molecule has 0 atom stereocenters. The summed E-state index contributed by atoms with van der Waals surface area (Å²) in [5.74, 6) is 0.483. The minimum Gasteiger partial charge on any atom is -0.328 e. The van der Waals surface area contributed by atoms with Gasteiger partial charge in [0.2, 0.25) is 0 Å². The maximum Gasteiger partial charge on any atom is 0.115 e. The molecule has 0 aliphatic carbocycles. The van der Waals surface area contributed by atoms with Crippen molar-refractivity contribution in [1.82, 2.24) is 24.4 Å². The summed E-state index contributed by atoms with van der Waals surface area (Å²) in [5, 5.41) is 0. The molecule has 1 fully saturated rings. The van der Waals surface area contributed by atoms with Gasteiger partial charge in [-0.1, -0.05) is 0 Å². The monoisotopic (exact) mass is 431 g/mol. The van der Waals surface area contributed by atoms with Gasteiger partial charge in [-0.3, -0.25) is 14.9 Å². The number of fused-ring (bicyclic) bond motifs is 1. The molecule has 31 heavy (non-hydrogen) atoms. The number of hydrogen-bond donors (Lipinski definition) is 0. The largest absolute Gasteiger partial charge is 0.328 e. The number of aromatic nitrogens is 4. The maximum atomic E-state index is 5.15. The van der Waals surface area contributed by atoms with Crippen molar-refractivity contribution in [3.8, 4) is 11.3 Å². The molecule has 5 nitrogen and oxygen atoms in total.